The van der Waals surface area contributed by atoms with Crippen molar-refractivity contribution in [2.24, 2.45) is 0 Å². The SMILES string of the molecule is CC1=C(c2cccnc2)C(=O)N(C(C)(C)c2cccc(Cl)c2)C1. The van der Waals surface area contributed by atoms with Gasteiger partial charge in [-0.15, -0.1) is 0 Å². The van der Waals surface area contributed by atoms with E-state index in [1.54, 1.807) is 12.4 Å². The molecule has 3 nitrogen and oxygen atoms in total. The monoisotopic (exact) mass is 326 g/mol. The second-order valence-electron chi connectivity index (χ2n) is 6.36. The van der Waals surface area contributed by atoms with E-state index in [0.29, 0.717) is 11.6 Å². The highest BCUT2D eigenvalue weighted by molar-refractivity contribution is 6.30. The van der Waals surface area contributed by atoms with Gasteiger partial charge in [0.2, 0.25) is 0 Å². The highest BCUT2D eigenvalue weighted by atomic mass is 35.5. The van der Waals surface area contributed by atoms with Crippen LogP contribution in [0.3, 0.4) is 0 Å². The molecule has 0 aliphatic carbocycles. The molecule has 2 heterocycles. The largest absolute Gasteiger partial charge is 0.325 e. The minimum Gasteiger partial charge on any atom is -0.325 e. The first-order valence-electron chi connectivity index (χ1n) is 7.59. The van der Waals surface area contributed by atoms with Gasteiger partial charge in [-0.2, -0.15) is 0 Å². The maximum absolute atomic E-state index is 13.0. The Labute approximate surface area is 141 Å². The number of aromatic nitrogens is 1. The molecule has 0 saturated carbocycles. The Morgan fingerprint density at radius 3 is 2.65 bits per heavy atom. The van der Waals surface area contributed by atoms with Crippen LogP contribution < -0.4 is 0 Å². The van der Waals surface area contributed by atoms with Gasteiger partial charge < -0.3 is 4.90 Å². The molecule has 2 aromatic rings. The predicted molar refractivity (Wildman–Crippen MR) is 93.0 cm³/mol. The van der Waals surface area contributed by atoms with Gasteiger partial charge in [0.1, 0.15) is 0 Å². The van der Waals surface area contributed by atoms with Crippen molar-refractivity contribution in [2.75, 3.05) is 6.54 Å². The summed E-state index contributed by atoms with van der Waals surface area (Å²) in [6.45, 7) is 6.73. The fourth-order valence-electron chi connectivity index (χ4n) is 3.06. The Kier molecular flexibility index (Phi) is 3.99. The first-order chi connectivity index (χ1) is 10.9. The molecule has 4 heteroatoms. The standard InChI is InChI=1S/C19H19ClN2O/c1-13-12-22(18(23)17(13)14-6-5-9-21-11-14)19(2,3)15-7-4-8-16(20)10-15/h4-11H,12H2,1-3H3. The van der Waals surface area contributed by atoms with E-state index in [0.717, 1.165) is 22.3 Å². The van der Waals surface area contributed by atoms with Gasteiger partial charge in [-0.1, -0.05) is 29.8 Å². The normalized spacial score (nSPS) is 15.5. The van der Waals surface area contributed by atoms with E-state index in [2.05, 4.69) is 18.8 Å². The van der Waals surface area contributed by atoms with Gasteiger partial charge in [-0.05, 0) is 50.1 Å². The van der Waals surface area contributed by atoms with Crippen LogP contribution in [-0.4, -0.2) is 22.3 Å². The number of carbonyl (C=O) groups is 1. The molecule has 0 bridgehead atoms. The van der Waals surface area contributed by atoms with Crippen molar-refractivity contribution in [3.8, 4) is 0 Å². The highest BCUT2D eigenvalue weighted by Crippen LogP contribution is 2.37. The lowest BCUT2D eigenvalue weighted by Gasteiger charge is -2.36. The second kappa shape index (κ2) is 5.82. The van der Waals surface area contributed by atoms with Gasteiger partial charge in [0, 0.05) is 35.1 Å². The van der Waals surface area contributed by atoms with Crippen LogP contribution in [-0.2, 0) is 10.3 Å². The summed E-state index contributed by atoms with van der Waals surface area (Å²) in [7, 11) is 0. The average Bonchev–Trinajstić information content (AvgIpc) is 2.83. The van der Waals surface area contributed by atoms with Crippen LogP contribution in [0.4, 0.5) is 0 Å². The number of hydrogen-bond donors (Lipinski definition) is 0. The van der Waals surface area contributed by atoms with Crippen molar-refractivity contribution in [1.82, 2.24) is 9.88 Å². The number of carbonyl (C=O) groups excluding carboxylic acids is 1. The lowest BCUT2D eigenvalue weighted by atomic mass is 9.92. The molecule has 0 radical (unpaired) electrons. The molecule has 0 saturated heterocycles. The summed E-state index contributed by atoms with van der Waals surface area (Å²) >= 11 is 6.13. The molecule has 118 valence electrons. The maximum Gasteiger partial charge on any atom is 0.255 e. The molecule has 0 atom stereocenters. The van der Waals surface area contributed by atoms with Crippen molar-refractivity contribution in [3.05, 3.63) is 70.5 Å². The third kappa shape index (κ3) is 2.77. The van der Waals surface area contributed by atoms with E-state index in [9.17, 15) is 4.79 Å². The topological polar surface area (TPSA) is 33.2 Å². The Morgan fingerprint density at radius 1 is 1.22 bits per heavy atom. The molecule has 23 heavy (non-hydrogen) atoms. The van der Waals surface area contributed by atoms with Crippen molar-refractivity contribution in [2.45, 2.75) is 26.3 Å². The zero-order valence-corrected chi connectivity index (χ0v) is 14.3. The maximum atomic E-state index is 13.0. The van der Waals surface area contributed by atoms with Crippen LogP contribution >= 0.6 is 11.6 Å². The molecule has 0 spiro atoms. The molecular weight excluding hydrogens is 308 g/mol. The number of rotatable bonds is 3. The van der Waals surface area contributed by atoms with Crippen LogP contribution in [0.5, 0.6) is 0 Å². The summed E-state index contributed by atoms with van der Waals surface area (Å²) in [4.78, 5) is 19.1. The molecule has 1 aromatic carbocycles. The molecule has 0 unspecified atom stereocenters. The molecule has 1 aromatic heterocycles. The predicted octanol–water partition coefficient (Wildman–Crippen LogP) is 4.29. The number of nitrogens with zero attached hydrogens (tertiary/aromatic N) is 2. The summed E-state index contributed by atoms with van der Waals surface area (Å²) in [5, 5.41) is 0.680. The van der Waals surface area contributed by atoms with E-state index in [4.69, 9.17) is 11.6 Å². The van der Waals surface area contributed by atoms with Crippen LogP contribution in [0, 0.1) is 0 Å². The van der Waals surface area contributed by atoms with E-state index in [1.165, 1.54) is 0 Å². The number of hydrogen-bond acceptors (Lipinski definition) is 2. The smallest absolute Gasteiger partial charge is 0.255 e. The van der Waals surface area contributed by atoms with Crippen molar-refractivity contribution >= 4 is 23.1 Å². The minimum absolute atomic E-state index is 0.0421. The first-order valence-corrected chi connectivity index (χ1v) is 7.97. The minimum atomic E-state index is -0.437. The van der Waals surface area contributed by atoms with Crippen LogP contribution in [0.25, 0.3) is 5.57 Å². The zero-order valence-electron chi connectivity index (χ0n) is 13.5. The average molecular weight is 327 g/mol. The van der Waals surface area contributed by atoms with Crippen molar-refractivity contribution in [3.63, 3.8) is 0 Å². The van der Waals surface area contributed by atoms with Crippen LogP contribution in [0.2, 0.25) is 5.02 Å². The lowest BCUT2D eigenvalue weighted by molar-refractivity contribution is -0.128. The van der Waals surface area contributed by atoms with Crippen molar-refractivity contribution in [1.29, 1.82) is 0 Å². The molecule has 0 fully saturated rings. The Hall–Kier alpha value is -2.13. The molecule has 0 N–H and O–H groups in total. The second-order valence-corrected chi connectivity index (χ2v) is 6.79. The van der Waals surface area contributed by atoms with E-state index in [1.807, 2.05) is 48.2 Å². The number of amides is 1. The van der Waals surface area contributed by atoms with Gasteiger partial charge >= 0.3 is 0 Å². The summed E-state index contributed by atoms with van der Waals surface area (Å²) in [6.07, 6.45) is 3.46. The Balaban J connectivity index is 1.96. The van der Waals surface area contributed by atoms with Gasteiger partial charge in [0.15, 0.2) is 0 Å². The van der Waals surface area contributed by atoms with Gasteiger partial charge in [0.25, 0.3) is 5.91 Å². The summed E-state index contributed by atoms with van der Waals surface area (Å²) in [5.41, 5.74) is 3.29. The third-order valence-electron chi connectivity index (χ3n) is 4.44. The summed E-state index contributed by atoms with van der Waals surface area (Å²) in [5.74, 6) is 0.0421. The molecule has 1 aliphatic rings. The lowest BCUT2D eigenvalue weighted by Crippen LogP contribution is -2.43. The van der Waals surface area contributed by atoms with E-state index in [-0.39, 0.29) is 5.91 Å². The van der Waals surface area contributed by atoms with Gasteiger partial charge in [-0.25, -0.2) is 0 Å². The fraction of sp³-hybridized carbons (Fsp3) is 0.263. The third-order valence-corrected chi connectivity index (χ3v) is 4.67. The molecular formula is C19H19ClN2O. The van der Waals surface area contributed by atoms with Gasteiger partial charge in [0.05, 0.1) is 5.54 Å². The Bertz CT molecular complexity index is 781. The summed E-state index contributed by atoms with van der Waals surface area (Å²) in [6, 6.07) is 11.5. The zero-order chi connectivity index (χ0) is 16.6. The van der Waals surface area contributed by atoms with E-state index >= 15 is 0 Å². The van der Waals surface area contributed by atoms with Gasteiger partial charge in [-0.3, -0.25) is 9.78 Å². The Morgan fingerprint density at radius 2 is 2.00 bits per heavy atom. The molecule has 1 aliphatic heterocycles. The molecule has 3 rings (SSSR count). The number of halogens is 1. The highest BCUT2D eigenvalue weighted by Gasteiger charge is 2.39. The first kappa shape index (κ1) is 15.8. The molecule has 1 amide bonds. The number of pyridine rings is 1. The van der Waals surface area contributed by atoms with Crippen molar-refractivity contribution < 1.29 is 4.79 Å². The van der Waals surface area contributed by atoms with E-state index < -0.39 is 5.54 Å². The quantitative estimate of drug-likeness (QED) is 0.843. The fourth-order valence-corrected chi connectivity index (χ4v) is 3.25. The number of benzene rings is 1. The summed E-state index contributed by atoms with van der Waals surface area (Å²) < 4.78 is 0. The van der Waals surface area contributed by atoms with Crippen LogP contribution in [0.15, 0.2) is 54.4 Å². The van der Waals surface area contributed by atoms with Crippen LogP contribution in [0.1, 0.15) is 31.9 Å².